The molecule has 3 aliphatic rings. The standard InChI is InChI=1S/C44H56N8O6/c1-25(2)36(49-42(55)57-6)39(53)51-21-9-13-35(51)38-45-24-34(47-38)32-19-18-29(30-11-8-12-31(30)32)27-14-16-28(17-15-27)33-23-46-41(48-33)44(5)20-10-22-52(44)40(54)37(26(3)4)50-43(56)58-7/h14-19,23-26,35-37H,8-13,20-22H2,1-7H3,(H,45,47)(H,46,48)(H,49,55)(H,50,56)/t35-,36-,37-,44-/m0/s1. The molecule has 308 valence electrons. The van der Waals surface area contributed by atoms with Gasteiger partial charge in [-0.05, 0) is 91.5 Å². The summed E-state index contributed by atoms with van der Waals surface area (Å²) in [6.45, 7) is 10.9. The van der Waals surface area contributed by atoms with Crippen molar-refractivity contribution < 1.29 is 28.7 Å². The molecule has 4 heterocycles. The van der Waals surface area contributed by atoms with Crippen LogP contribution in [-0.2, 0) is 37.4 Å². The fourth-order valence-corrected chi connectivity index (χ4v) is 9.07. The molecule has 0 radical (unpaired) electrons. The van der Waals surface area contributed by atoms with Gasteiger partial charge in [0.25, 0.3) is 0 Å². The highest BCUT2D eigenvalue weighted by Gasteiger charge is 2.46. The van der Waals surface area contributed by atoms with Crippen LogP contribution in [0.2, 0.25) is 0 Å². The quantitative estimate of drug-likeness (QED) is 0.127. The SMILES string of the molecule is COC(=O)N[C@H](C(=O)N1CCC[C@H]1c1ncc(-c2ccc(-c3ccc(-c4cnc([C@]5(C)CCCN5C(=O)[C@@H](NC(=O)OC)C(C)C)[nH]4)cc3)c3c2CCC3)[nH]1)C(C)C. The molecule has 0 unspecified atom stereocenters. The summed E-state index contributed by atoms with van der Waals surface area (Å²) >= 11 is 0. The molecule has 14 nitrogen and oxygen atoms in total. The summed E-state index contributed by atoms with van der Waals surface area (Å²) in [7, 11) is 2.60. The maximum Gasteiger partial charge on any atom is 0.407 e. The zero-order chi connectivity index (χ0) is 41.3. The van der Waals surface area contributed by atoms with Gasteiger partial charge in [-0.1, -0.05) is 64.1 Å². The number of hydrogen-bond donors (Lipinski definition) is 4. The summed E-state index contributed by atoms with van der Waals surface area (Å²) in [5, 5.41) is 5.45. The minimum Gasteiger partial charge on any atom is -0.453 e. The summed E-state index contributed by atoms with van der Waals surface area (Å²) in [5.41, 5.74) is 8.30. The number of likely N-dealkylation sites (tertiary alicyclic amines) is 2. The molecule has 2 saturated heterocycles. The predicted molar refractivity (Wildman–Crippen MR) is 219 cm³/mol. The Morgan fingerprint density at radius 1 is 0.741 bits per heavy atom. The molecule has 0 bridgehead atoms. The van der Waals surface area contributed by atoms with Gasteiger partial charge in [0.2, 0.25) is 11.8 Å². The number of fused-ring (bicyclic) bond motifs is 1. The second-order valence-corrected chi connectivity index (χ2v) is 16.6. The first-order valence-electron chi connectivity index (χ1n) is 20.5. The fraction of sp³-hybridized carbons (Fsp3) is 0.500. The number of nitrogens with zero attached hydrogens (tertiary/aromatic N) is 4. The smallest absolute Gasteiger partial charge is 0.407 e. The molecule has 4 aromatic rings. The lowest BCUT2D eigenvalue weighted by Crippen LogP contribution is -2.55. The molecule has 0 spiro atoms. The van der Waals surface area contributed by atoms with Crippen LogP contribution in [0.5, 0.6) is 0 Å². The van der Waals surface area contributed by atoms with E-state index in [0.29, 0.717) is 13.1 Å². The third-order valence-electron chi connectivity index (χ3n) is 12.3. The number of carbonyl (C=O) groups is 4. The molecule has 58 heavy (non-hydrogen) atoms. The number of rotatable bonds is 11. The van der Waals surface area contributed by atoms with Crippen LogP contribution >= 0.6 is 0 Å². The van der Waals surface area contributed by atoms with E-state index in [0.717, 1.165) is 84.7 Å². The molecule has 4 atom stereocenters. The normalized spacial score (nSPS) is 20.0. The maximum absolute atomic E-state index is 13.8. The van der Waals surface area contributed by atoms with Gasteiger partial charge in [-0.2, -0.15) is 0 Å². The van der Waals surface area contributed by atoms with E-state index in [9.17, 15) is 19.2 Å². The van der Waals surface area contributed by atoms with Crippen molar-refractivity contribution in [1.82, 2.24) is 40.4 Å². The lowest BCUT2D eigenvalue weighted by molar-refractivity contribution is -0.138. The summed E-state index contributed by atoms with van der Waals surface area (Å²) in [6, 6.07) is 11.3. The van der Waals surface area contributed by atoms with Crippen molar-refractivity contribution in [2.45, 2.75) is 103 Å². The molecule has 2 aromatic heterocycles. The summed E-state index contributed by atoms with van der Waals surface area (Å²) in [6.07, 6.45) is 8.73. The predicted octanol–water partition coefficient (Wildman–Crippen LogP) is 6.88. The van der Waals surface area contributed by atoms with E-state index >= 15 is 0 Å². The Bertz CT molecular complexity index is 2160. The number of nitrogens with one attached hydrogen (secondary N) is 4. The number of H-pyrrole nitrogens is 2. The van der Waals surface area contributed by atoms with Crippen LogP contribution in [0.1, 0.15) is 95.5 Å². The highest BCUT2D eigenvalue weighted by molar-refractivity contribution is 5.87. The Labute approximate surface area is 339 Å². The molecule has 2 aromatic carbocycles. The number of methoxy groups -OCH3 is 2. The second kappa shape index (κ2) is 16.7. The van der Waals surface area contributed by atoms with Gasteiger partial charge in [0.05, 0.1) is 49.6 Å². The molecule has 2 aliphatic heterocycles. The third-order valence-corrected chi connectivity index (χ3v) is 12.3. The molecular formula is C44H56N8O6. The highest BCUT2D eigenvalue weighted by Crippen LogP contribution is 2.41. The number of hydrogen-bond acceptors (Lipinski definition) is 8. The van der Waals surface area contributed by atoms with Crippen molar-refractivity contribution in [1.29, 1.82) is 0 Å². The van der Waals surface area contributed by atoms with Crippen LogP contribution in [0.3, 0.4) is 0 Å². The lowest BCUT2D eigenvalue weighted by Gasteiger charge is -2.37. The minimum absolute atomic E-state index is 0.103. The van der Waals surface area contributed by atoms with Crippen LogP contribution in [0.15, 0.2) is 48.8 Å². The van der Waals surface area contributed by atoms with Gasteiger partial charge in [-0.15, -0.1) is 0 Å². The first-order chi connectivity index (χ1) is 27.8. The average Bonchev–Trinajstić information content (AvgIpc) is 4.07. The van der Waals surface area contributed by atoms with Gasteiger partial charge in [0.15, 0.2) is 0 Å². The van der Waals surface area contributed by atoms with Crippen molar-refractivity contribution in [3.8, 4) is 33.6 Å². The van der Waals surface area contributed by atoms with Gasteiger partial charge < -0.3 is 39.9 Å². The first-order valence-corrected chi connectivity index (χ1v) is 20.5. The molecule has 0 saturated carbocycles. The van der Waals surface area contributed by atoms with Gasteiger partial charge >= 0.3 is 12.2 Å². The molecular weight excluding hydrogens is 737 g/mol. The van der Waals surface area contributed by atoms with Crippen LogP contribution < -0.4 is 10.6 Å². The van der Waals surface area contributed by atoms with Crippen molar-refractivity contribution in [3.05, 3.63) is 71.6 Å². The van der Waals surface area contributed by atoms with Gasteiger partial charge in [-0.3, -0.25) is 9.59 Å². The van der Waals surface area contributed by atoms with E-state index in [2.05, 4.69) is 57.0 Å². The molecule has 4 amide bonds. The first kappa shape index (κ1) is 40.5. The number of benzene rings is 2. The van der Waals surface area contributed by atoms with E-state index in [1.165, 1.54) is 30.9 Å². The molecule has 14 heteroatoms. The van der Waals surface area contributed by atoms with E-state index in [4.69, 9.17) is 19.4 Å². The molecule has 2 fully saturated rings. The Hall–Kier alpha value is -5.66. The number of carbonyl (C=O) groups excluding carboxylic acids is 4. The van der Waals surface area contributed by atoms with Crippen LogP contribution in [-0.4, -0.2) is 93.1 Å². The number of ether oxygens (including phenoxy) is 2. The maximum atomic E-state index is 13.8. The summed E-state index contributed by atoms with van der Waals surface area (Å²) in [4.78, 5) is 71.9. The Kier molecular flexibility index (Phi) is 11.7. The second-order valence-electron chi connectivity index (χ2n) is 16.6. The number of amides is 4. The van der Waals surface area contributed by atoms with Crippen LogP contribution in [0.25, 0.3) is 33.6 Å². The number of alkyl carbamates (subject to hydrolysis) is 2. The Balaban J connectivity index is 1.08. The van der Waals surface area contributed by atoms with Crippen molar-refractivity contribution in [2.24, 2.45) is 11.8 Å². The minimum atomic E-state index is -0.707. The Morgan fingerprint density at radius 3 is 2.00 bits per heavy atom. The van der Waals surface area contributed by atoms with E-state index in [1.54, 1.807) is 0 Å². The molecule has 4 N–H and O–H groups in total. The molecule has 1 aliphatic carbocycles. The summed E-state index contributed by atoms with van der Waals surface area (Å²) < 4.78 is 9.59. The Morgan fingerprint density at radius 2 is 1.34 bits per heavy atom. The van der Waals surface area contributed by atoms with Crippen LogP contribution in [0.4, 0.5) is 9.59 Å². The summed E-state index contributed by atoms with van der Waals surface area (Å²) in [5.74, 6) is 0.981. The topological polar surface area (TPSA) is 175 Å². The fourth-order valence-electron chi connectivity index (χ4n) is 9.07. The lowest BCUT2D eigenvalue weighted by atomic mass is 9.92. The van der Waals surface area contributed by atoms with Crippen molar-refractivity contribution in [2.75, 3.05) is 27.3 Å². The van der Waals surface area contributed by atoms with E-state index in [1.807, 2.05) is 56.8 Å². The van der Waals surface area contributed by atoms with E-state index < -0.39 is 29.8 Å². The monoisotopic (exact) mass is 792 g/mol. The molecule has 7 rings (SSSR count). The zero-order valence-corrected chi connectivity index (χ0v) is 34.6. The zero-order valence-electron chi connectivity index (χ0n) is 34.6. The number of aromatic amines is 2. The van der Waals surface area contributed by atoms with Crippen LogP contribution in [0, 0.1) is 11.8 Å². The van der Waals surface area contributed by atoms with E-state index in [-0.39, 0.29) is 29.7 Å². The highest BCUT2D eigenvalue weighted by atomic mass is 16.5. The largest absolute Gasteiger partial charge is 0.453 e. The van der Waals surface area contributed by atoms with Gasteiger partial charge in [0, 0.05) is 18.7 Å². The third kappa shape index (κ3) is 7.68. The van der Waals surface area contributed by atoms with Crippen molar-refractivity contribution in [3.63, 3.8) is 0 Å². The number of imidazole rings is 2. The van der Waals surface area contributed by atoms with Crippen molar-refractivity contribution >= 4 is 24.0 Å². The average molecular weight is 793 g/mol. The van der Waals surface area contributed by atoms with Gasteiger partial charge in [0.1, 0.15) is 23.7 Å². The van der Waals surface area contributed by atoms with Gasteiger partial charge in [-0.25, -0.2) is 19.6 Å². The number of aromatic nitrogens is 4.